The van der Waals surface area contributed by atoms with Crippen LogP contribution in [0.5, 0.6) is 0 Å². The van der Waals surface area contributed by atoms with Crippen LogP contribution >= 0.6 is 11.3 Å². The van der Waals surface area contributed by atoms with Gasteiger partial charge in [-0.05, 0) is 17.5 Å². The van der Waals surface area contributed by atoms with E-state index >= 15 is 0 Å². The van der Waals surface area contributed by atoms with Crippen molar-refractivity contribution in [2.24, 2.45) is 0 Å². The van der Waals surface area contributed by atoms with Crippen LogP contribution in [0, 0.1) is 10.1 Å². The van der Waals surface area contributed by atoms with Crippen molar-refractivity contribution in [2.45, 2.75) is 6.54 Å². The van der Waals surface area contributed by atoms with Crippen molar-refractivity contribution in [3.8, 4) is 0 Å². The summed E-state index contributed by atoms with van der Waals surface area (Å²) in [5.74, 6) is 0. The van der Waals surface area contributed by atoms with Gasteiger partial charge in [-0.25, -0.2) is 4.98 Å². The van der Waals surface area contributed by atoms with Gasteiger partial charge in [0.15, 0.2) is 0 Å². The molecule has 0 aliphatic heterocycles. The molecule has 0 aliphatic rings. The van der Waals surface area contributed by atoms with E-state index in [1.807, 2.05) is 0 Å². The lowest BCUT2D eigenvalue weighted by Crippen LogP contribution is -2.21. The maximum atomic E-state index is 12.3. The van der Waals surface area contributed by atoms with Crippen LogP contribution < -0.4 is 11.3 Å². The van der Waals surface area contributed by atoms with Gasteiger partial charge in [0.1, 0.15) is 4.83 Å². The van der Waals surface area contributed by atoms with Gasteiger partial charge in [-0.2, -0.15) is 0 Å². The molecule has 0 radical (unpaired) electrons. The van der Waals surface area contributed by atoms with Gasteiger partial charge in [-0.3, -0.25) is 19.5 Å². The molecule has 0 saturated carbocycles. The predicted octanol–water partition coefficient (Wildman–Crippen LogP) is 2.00. The zero-order chi connectivity index (χ0) is 15.0. The first-order valence-corrected chi connectivity index (χ1v) is 6.89. The number of nitro benzene ring substituents is 1. The molecule has 106 valence electrons. The number of hydrogen-bond donors (Lipinski definition) is 1. The van der Waals surface area contributed by atoms with Crippen LogP contribution in [0.4, 0.5) is 11.4 Å². The number of non-ortho nitro benzene ring substituents is 1. The smallest absolute Gasteiger partial charge is 0.269 e. The number of aromatic nitrogens is 2. The first kappa shape index (κ1) is 13.3. The van der Waals surface area contributed by atoms with Gasteiger partial charge in [0.05, 0.1) is 23.2 Å². The highest BCUT2D eigenvalue weighted by Gasteiger charge is 2.11. The van der Waals surface area contributed by atoms with Gasteiger partial charge in [0, 0.05) is 23.4 Å². The standard InChI is InChI=1S/C13H10N4O3S/c14-11-2-1-9(17(19)20)5-8(11)6-16-7-15-12-10(13(16)18)3-4-21-12/h1-5,7H,6,14H2. The summed E-state index contributed by atoms with van der Waals surface area (Å²) in [6.45, 7) is 0.144. The zero-order valence-electron chi connectivity index (χ0n) is 10.7. The highest BCUT2D eigenvalue weighted by molar-refractivity contribution is 7.16. The summed E-state index contributed by atoms with van der Waals surface area (Å²) in [6, 6.07) is 5.89. The molecule has 0 spiro atoms. The predicted molar refractivity (Wildman–Crippen MR) is 80.5 cm³/mol. The minimum absolute atomic E-state index is 0.0585. The van der Waals surface area contributed by atoms with Crippen LogP contribution in [-0.2, 0) is 6.54 Å². The van der Waals surface area contributed by atoms with E-state index in [2.05, 4.69) is 4.98 Å². The Morgan fingerprint density at radius 1 is 1.38 bits per heavy atom. The highest BCUT2D eigenvalue weighted by Crippen LogP contribution is 2.20. The van der Waals surface area contributed by atoms with E-state index in [4.69, 9.17) is 5.73 Å². The third-order valence-corrected chi connectivity index (χ3v) is 3.95. The molecule has 0 amide bonds. The Balaban J connectivity index is 2.06. The largest absolute Gasteiger partial charge is 0.398 e. The minimum Gasteiger partial charge on any atom is -0.398 e. The molecule has 0 atom stereocenters. The Morgan fingerprint density at radius 2 is 2.19 bits per heavy atom. The van der Waals surface area contributed by atoms with E-state index in [9.17, 15) is 14.9 Å². The fraction of sp³-hybridized carbons (Fsp3) is 0.0769. The Morgan fingerprint density at radius 3 is 2.95 bits per heavy atom. The number of nitrogens with two attached hydrogens (primary N) is 1. The Labute approximate surface area is 122 Å². The molecule has 2 N–H and O–H groups in total. The average Bonchev–Trinajstić information content (AvgIpc) is 2.93. The first-order valence-electron chi connectivity index (χ1n) is 6.01. The van der Waals surface area contributed by atoms with Gasteiger partial charge in [-0.1, -0.05) is 0 Å². The zero-order valence-corrected chi connectivity index (χ0v) is 11.5. The van der Waals surface area contributed by atoms with Gasteiger partial charge < -0.3 is 5.73 Å². The molecule has 2 aromatic heterocycles. The Kier molecular flexibility index (Phi) is 3.15. The molecule has 1 aromatic carbocycles. The first-order chi connectivity index (χ1) is 10.1. The van der Waals surface area contributed by atoms with Crippen LogP contribution in [0.2, 0.25) is 0 Å². The molecule has 0 bridgehead atoms. The molecule has 7 nitrogen and oxygen atoms in total. The number of anilines is 1. The molecule has 0 aliphatic carbocycles. The summed E-state index contributed by atoms with van der Waals surface area (Å²) in [7, 11) is 0. The molecular weight excluding hydrogens is 292 g/mol. The molecule has 0 fully saturated rings. The van der Waals surface area contributed by atoms with Crippen molar-refractivity contribution >= 4 is 32.9 Å². The van der Waals surface area contributed by atoms with Crippen LogP contribution in [0.3, 0.4) is 0 Å². The topological polar surface area (TPSA) is 104 Å². The maximum absolute atomic E-state index is 12.3. The fourth-order valence-corrected chi connectivity index (χ4v) is 2.76. The Bertz CT molecular complexity index is 900. The van der Waals surface area contributed by atoms with Crippen molar-refractivity contribution in [2.75, 3.05) is 5.73 Å². The van der Waals surface area contributed by atoms with E-state index in [0.717, 1.165) is 0 Å². The lowest BCUT2D eigenvalue weighted by Gasteiger charge is -2.08. The number of fused-ring (bicyclic) bond motifs is 1. The fourth-order valence-electron chi connectivity index (χ4n) is 2.03. The van der Waals surface area contributed by atoms with Crippen molar-refractivity contribution in [1.29, 1.82) is 0 Å². The molecule has 8 heteroatoms. The van der Waals surface area contributed by atoms with Crippen LogP contribution in [-0.4, -0.2) is 14.5 Å². The molecule has 21 heavy (non-hydrogen) atoms. The number of thiophene rings is 1. The van der Waals surface area contributed by atoms with Crippen molar-refractivity contribution in [3.05, 3.63) is 62.0 Å². The SMILES string of the molecule is Nc1ccc([N+](=O)[O-])cc1Cn1cnc2sccc2c1=O. The quantitative estimate of drug-likeness (QED) is 0.452. The number of rotatable bonds is 3. The number of hydrogen-bond acceptors (Lipinski definition) is 6. The second-order valence-electron chi connectivity index (χ2n) is 4.46. The van der Waals surface area contributed by atoms with Crippen LogP contribution in [0.25, 0.3) is 10.2 Å². The highest BCUT2D eigenvalue weighted by atomic mass is 32.1. The second kappa shape index (κ2) is 4.98. The molecular formula is C13H10N4O3S. The average molecular weight is 302 g/mol. The third-order valence-electron chi connectivity index (χ3n) is 3.13. The van der Waals surface area contributed by atoms with E-state index < -0.39 is 4.92 Å². The minimum atomic E-state index is -0.494. The number of nitro groups is 1. The molecule has 3 rings (SSSR count). The summed E-state index contributed by atoms with van der Waals surface area (Å²) in [5, 5.41) is 13.1. The van der Waals surface area contributed by atoms with Crippen molar-refractivity contribution in [3.63, 3.8) is 0 Å². The normalized spacial score (nSPS) is 10.9. The van der Waals surface area contributed by atoms with E-state index in [1.165, 1.54) is 40.4 Å². The van der Waals surface area contributed by atoms with Crippen molar-refractivity contribution < 1.29 is 4.92 Å². The van der Waals surface area contributed by atoms with Crippen LogP contribution in [0.15, 0.2) is 40.8 Å². The van der Waals surface area contributed by atoms with Gasteiger partial charge in [0.25, 0.3) is 11.2 Å². The van der Waals surface area contributed by atoms with Gasteiger partial charge in [0.2, 0.25) is 0 Å². The van der Waals surface area contributed by atoms with Gasteiger partial charge in [-0.15, -0.1) is 11.3 Å². The maximum Gasteiger partial charge on any atom is 0.269 e. The second-order valence-corrected chi connectivity index (χ2v) is 5.35. The van der Waals surface area contributed by atoms with E-state index in [0.29, 0.717) is 21.5 Å². The lowest BCUT2D eigenvalue weighted by molar-refractivity contribution is -0.384. The molecule has 2 heterocycles. The molecule has 3 aromatic rings. The van der Waals surface area contributed by atoms with Crippen molar-refractivity contribution in [1.82, 2.24) is 9.55 Å². The summed E-state index contributed by atoms with van der Waals surface area (Å²) < 4.78 is 1.39. The summed E-state index contributed by atoms with van der Waals surface area (Å²) in [6.07, 6.45) is 1.43. The summed E-state index contributed by atoms with van der Waals surface area (Å²) >= 11 is 1.39. The third kappa shape index (κ3) is 2.36. The monoisotopic (exact) mass is 302 g/mol. The van der Waals surface area contributed by atoms with Gasteiger partial charge >= 0.3 is 0 Å². The Hall–Kier alpha value is -2.74. The molecule has 0 saturated heterocycles. The van der Waals surface area contributed by atoms with E-state index in [1.54, 1.807) is 11.4 Å². The molecule has 0 unspecified atom stereocenters. The number of benzene rings is 1. The summed E-state index contributed by atoms with van der Waals surface area (Å²) in [5.41, 5.74) is 6.49. The van der Waals surface area contributed by atoms with Crippen LogP contribution in [0.1, 0.15) is 5.56 Å². The number of nitrogens with zero attached hydrogens (tertiary/aromatic N) is 3. The lowest BCUT2D eigenvalue weighted by atomic mass is 10.1. The number of nitrogen functional groups attached to an aromatic ring is 1. The van der Waals surface area contributed by atoms with E-state index in [-0.39, 0.29) is 17.8 Å². The summed E-state index contributed by atoms with van der Waals surface area (Å²) in [4.78, 5) is 27.5.